The van der Waals surface area contributed by atoms with Crippen molar-refractivity contribution in [2.75, 3.05) is 33.9 Å². The summed E-state index contributed by atoms with van der Waals surface area (Å²) in [6, 6.07) is 10.7. The number of methoxy groups -OCH3 is 2. The highest BCUT2D eigenvalue weighted by Gasteiger charge is 2.42. The summed E-state index contributed by atoms with van der Waals surface area (Å²) in [5.41, 5.74) is 1.15. The van der Waals surface area contributed by atoms with E-state index in [1.54, 1.807) is 54.3 Å². The lowest BCUT2D eigenvalue weighted by atomic mass is 9.96. The molecule has 1 N–H and O–H groups in total. The van der Waals surface area contributed by atoms with Crippen LogP contribution in [-0.2, 0) is 4.79 Å². The second kappa shape index (κ2) is 10.2. The minimum Gasteiger partial charge on any atom is -0.493 e. The molecule has 1 fully saturated rings. The van der Waals surface area contributed by atoms with Crippen LogP contribution in [0.25, 0.3) is 0 Å². The van der Waals surface area contributed by atoms with Gasteiger partial charge in [0.15, 0.2) is 11.5 Å². The zero-order valence-electron chi connectivity index (χ0n) is 20.1. The van der Waals surface area contributed by atoms with Gasteiger partial charge in [0.1, 0.15) is 6.04 Å². The van der Waals surface area contributed by atoms with E-state index >= 15 is 0 Å². The molecule has 4 rings (SSSR count). The summed E-state index contributed by atoms with van der Waals surface area (Å²) in [6.07, 6.45) is 1.43. The molecule has 1 atom stereocenters. The number of hydrogen-bond acceptors (Lipinski definition) is 6. The van der Waals surface area contributed by atoms with Crippen LogP contribution in [0, 0.1) is 5.92 Å². The Morgan fingerprint density at radius 1 is 0.971 bits per heavy atom. The van der Waals surface area contributed by atoms with Crippen molar-refractivity contribution >= 4 is 23.6 Å². The van der Waals surface area contributed by atoms with Gasteiger partial charge in [-0.1, -0.05) is 12.1 Å². The quantitative estimate of drug-likeness (QED) is 0.612. The third kappa shape index (κ3) is 4.71. The highest BCUT2D eigenvalue weighted by molar-refractivity contribution is 6.22. The van der Waals surface area contributed by atoms with Crippen molar-refractivity contribution in [3.8, 4) is 11.5 Å². The largest absolute Gasteiger partial charge is 0.493 e. The average molecular weight is 480 g/mol. The molecule has 0 aliphatic carbocycles. The van der Waals surface area contributed by atoms with Crippen LogP contribution in [0.3, 0.4) is 0 Å². The summed E-state index contributed by atoms with van der Waals surface area (Å²) in [4.78, 5) is 53.8. The predicted octanol–water partition coefficient (Wildman–Crippen LogP) is 2.36. The first-order valence-corrected chi connectivity index (χ1v) is 11.6. The first-order chi connectivity index (χ1) is 16.8. The normalized spacial score (nSPS) is 16.7. The van der Waals surface area contributed by atoms with Crippen molar-refractivity contribution < 1.29 is 28.7 Å². The number of carbonyl (C=O) groups is 4. The summed E-state index contributed by atoms with van der Waals surface area (Å²) in [7, 11) is 3.05. The van der Waals surface area contributed by atoms with Crippen molar-refractivity contribution in [1.29, 1.82) is 0 Å². The lowest BCUT2D eigenvalue weighted by Crippen LogP contribution is -2.51. The predicted molar refractivity (Wildman–Crippen MR) is 128 cm³/mol. The van der Waals surface area contributed by atoms with Gasteiger partial charge in [-0.3, -0.25) is 24.1 Å². The summed E-state index contributed by atoms with van der Waals surface area (Å²) in [5, 5.41) is 2.95. The Morgan fingerprint density at radius 3 is 2.14 bits per heavy atom. The molecule has 1 unspecified atom stereocenters. The van der Waals surface area contributed by atoms with Gasteiger partial charge in [-0.2, -0.15) is 0 Å². The second-order valence-corrected chi connectivity index (χ2v) is 8.75. The fourth-order valence-corrected chi connectivity index (χ4v) is 4.61. The Balaban J connectivity index is 1.29. The summed E-state index contributed by atoms with van der Waals surface area (Å²) < 4.78 is 10.5. The van der Waals surface area contributed by atoms with Crippen LogP contribution in [0.4, 0.5) is 0 Å². The van der Waals surface area contributed by atoms with E-state index in [2.05, 4.69) is 5.32 Å². The highest BCUT2D eigenvalue weighted by atomic mass is 16.5. The number of ether oxygens (including phenoxy) is 2. The SMILES string of the molecule is COc1ccc(C(=O)NCC2CCN(C(=O)C(C)N3C(=O)c4ccccc4C3=O)CC2)cc1OC. The third-order valence-corrected chi connectivity index (χ3v) is 6.69. The molecule has 9 nitrogen and oxygen atoms in total. The van der Waals surface area contributed by atoms with Gasteiger partial charge in [0.25, 0.3) is 17.7 Å². The van der Waals surface area contributed by atoms with Crippen LogP contribution in [0.1, 0.15) is 50.8 Å². The van der Waals surface area contributed by atoms with Crippen molar-refractivity contribution in [3.63, 3.8) is 0 Å². The molecule has 0 bridgehead atoms. The molecule has 1 saturated heterocycles. The monoisotopic (exact) mass is 479 g/mol. The molecular formula is C26H29N3O6. The van der Waals surface area contributed by atoms with Gasteiger partial charge in [0.2, 0.25) is 5.91 Å². The smallest absolute Gasteiger partial charge is 0.262 e. The molecule has 9 heteroatoms. The number of amides is 4. The number of carbonyl (C=O) groups excluding carboxylic acids is 4. The van der Waals surface area contributed by atoms with E-state index in [4.69, 9.17) is 9.47 Å². The fourth-order valence-electron chi connectivity index (χ4n) is 4.61. The fraction of sp³-hybridized carbons (Fsp3) is 0.385. The number of fused-ring (bicyclic) bond motifs is 1. The molecule has 2 aromatic rings. The Bertz CT molecular complexity index is 1120. The van der Waals surface area contributed by atoms with Crippen molar-refractivity contribution in [1.82, 2.24) is 15.1 Å². The maximum atomic E-state index is 13.1. The molecule has 0 radical (unpaired) electrons. The second-order valence-electron chi connectivity index (χ2n) is 8.75. The number of benzene rings is 2. The molecule has 2 aliphatic rings. The van der Waals surface area contributed by atoms with Gasteiger partial charge in [-0.05, 0) is 56.0 Å². The number of rotatable bonds is 7. The first kappa shape index (κ1) is 24.3. The molecule has 2 aromatic carbocycles. The molecule has 184 valence electrons. The third-order valence-electron chi connectivity index (χ3n) is 6.69. The van der Waals surface area contributed by atoms with Crippen LogP contribution < -0.4 is 14.8 Å². The maximum Gasteiger partial charge on any atom is 0.262 e. The maximum absolute atomic E-state index is 13.1. The van der Waals surface area contributed by atoms with E-state index < -0.39 is 17.9 Å². The van der Waals surface area contributed by atoms with Crippen LogP contribution in [0.15, 0.2) is 42.5 Å². The van der Waals surface area contributed by atoms with E-state index in [0.29, 0.717) is 60.7 Å². The van der Waals surface area contributed by atoms with Crippen LogP contribution in [0.2, 0.25) is 0 Å². The molecule has 0 aromatic heterocycles. The van der Waals surface area contributed by atoms with Crippen molar-refractivity contribution in [2.24, 2.45) is 5.92 Å². The molecule has 35 heavy (non-hydrogen) atoms. The lowest BCUT2D eigenvalue weighted by molar-refractivity contribution is -0.136. The van der Waals surface area contributed by atoms with E-state index in [9.17, 15) is 19.2 Å². The van der Waals surface area contributed by atoms with E-state index in [1.165, 1.54) is 14.2 Å². The van der Waals surface area contributed by atoms with Crippen molar-refractivity contribution in [3.05, 3.63) is 59.2 Å². The van der Waals surface area contributed by atoms with Gasteiger partial charge in [-0.15, -0.1) is 0 Å². The Morgan fingerprint density at radius 2 is 1.57 bits per heavy atom. The summed E-state index contributed by atoms with van der Waals surface area (Å²) >= 11 is 0. The standard InChI is InChI=1S/C26H29N3O6/c1-16(29-25(32)19-6-4-5-7-20(19)26(29)33)24(31)28-12-10-17(11-13-28)15-27-23(30)18-8-9-21(34-2)22(14-18)35-3/h4-9,14,16-17H,10-13,15H2,1-3H3,(H,27,30). The Hall–Kier alpha value is -3.88. The van der Waals surface area contributed by atoms with Gasteiger partial charge < -0.3 is 19.7 Å². The van der Waals surface area contributed by atoms with E-state index in [0.717, 1.165) is 4.90 Å². The molecule has 4 amide bonds. The number of likely N-dealkylation sites (tertiary alicyclic amines) is 1. The lowest BCUT2D eigenvalue weighted by Gasteiger charge is -2.35. The van der Waals surface area contributed by atoms with Crippen molar-refractivity contribution in [2.45, 2.75) is 25.8 Å². The minimum atomic E-state index is -0.872. The topological polar surface area (TPSA) is 105 Å². The molecular weight excluding hydrogens is 450 g/mol. The first-order valence-electron chi connectivity index (χ1n) is 11.6. The molecule has 2 heterocycles. The highest BCUT2D eigenvalue weighted by Crippen LogP contribution is 2.28. The number of piperidine rings is 1. The molecule has 0 saturated carbocycles. The van der Waals surface area contributed by atoms with E-state index in [-0.39, 0.29) is 17.7 Å². The van der Waals surface area contributed by atoms with Crippen LogP contribution >= 0.6 is 0 Å². The minimum absolute atomic E-state index is 0.205. The van der Waals surface area contributed by atoms with Gasteiger partial charge in [0, 0.05) is 25.2 Å². The Kier molecular flexibility index (Phi) is 7.04. The van der Waals surface area contributed by atoms with Gasteiger partial charge >= 0.3 is 0 Å². The molecule has 0 spiro atoms. The zero-order chi connectivity index (χ0) is 25.1. The van der Waals surface area contributed by atoms with E-state index in [1.807, 2.05) is 0 Å². The van der Waals surface area contributed by atoms with Crippen LogP contribution in [0.5, 0.6) is 11.5 Å². The summed E-state index contributed by atoms with van der Waals surface area (Å²) in [6.45, 7) is 3.09. The number of imide groups is 1. The van der Waals surface area contributed by atoms with Crippen LogP contribution in [-0.4, -0.2) is 73.3 Å². The van der Waals surface area contributed by atoms with Gasteiger partial charge in [-0.25, -0.2) is 0 Å². The molecule has 2 aliphatic heterocycles. The average Bonchev–Trinajstić information content (AvgIpc) is 3.15. The van der Waals surface area contributed by atoms with Gasteiger partial charge in [0.05, 0.1) is 25.3 Å². The Labute approximate surface area is 204 Å². The number of nitrogens with one attached hydrogen (secondary N) is 1. The summed E-state index contributed by atoms with van der Waals surface area (Å²) in [5.74, 6) is -0.0529. The number of hydrogen-bond donors (Lipinski definition) is 1. The zero-order valence-corrected chi connectivity index (χ0v) is 20.1. The number of nitrogens with zero attached hydrogens (tertiary/aromatic N) is 2.